The molecule has 0 saturated carbocycles. The molecule has 0 aromatic heterocycles. The van der Waals surface area contributed by atoms with E-state index in [-0.39, 0.29) is 22.6 Å². The Labute approximate surface area is 159 Å². The number of rotatable bonds is 5. The van der Waals surface area contributed by atoms with Crippen LogP contribution in [0.1, 0.15) is 26.3 Å². The Hall–Kier alpha value is -4.00. The van der Waals surface area contributed by atoms with E-state index in [1.165, 1.54) is 48.7 Å². The van der Waals surface area contributed by atoms with Crippen molar-refractivity contribution < 1.29 is 23.8 Å². The van der Waals surface area contributed by atoms with Gasteiger partial charge in [0, 0.05) is 0 Å². The summed E-state index contributed by atoms with van der Waals surface area (Å²) < 4.78 is 18.7. The van der Waals surface area contributed by atoms with Crippen LogP contribution in [0.15, 0.2) is 77.9 Å². The van der Waals surface area contributed by atoms with Crippen molar-refractivity contribution in [2.75, 3.05) is 0 Å². The average molecular weight is 378 g/mol. The Morgan fingerprint density at radius 1 is 0.929 bits per heavy atom. The smallest absolute Gasteiger partial charge is 0.346 e. The molecule has 28 heavy (non-hydrogen) atoms. The number of nitrogens with one attached hydrogen (secondary N) is 1. The molecule has 0 saturated heterocycles. The van der Waals surface area contributed by atoms with Gasteiger partial charge in [-0.1, -0.05) is 24.3 Å². The lowest BCUT2D eigenvalue weighted by molar-refractivity contribution is 0.0729. The van der Waals surface area contributed by atoms with Crippen LogP contribution in [0.2, 0.25) is 0 Å². The molecule has 0 heterocycles. The highest BCUT2D eigenvalue weighted by Crippen LogP contribution is 2.16. The molecule has 0 aliphatic heterocycles. The number of phenols is 1. The van der Waals surface area contributed by atoms with Gasteiger partial charge in [-0.05, 0) is 54.1 Å². The second-order valence-electron chi connectivity index (χ2n) is 5.65. The SMILES string of the molecule is O=C(N/N=C\c1ccc(OC(=O)c2ccccc2F)cc1)c1ccccc1O. The largest absolute Gasteiger partial charge is 0.507 e. The molecule has 0 bridgehead atoms. The van der Waals surface area contributed by atoms with Crippen LogP contribution in [0.5, 0.6) is 11.5 Å². The molecule has 3 aromatic carbocycles. The summed E-state index contributed by atoms with van der Waals surface area (Å²) in [5, 5.41) is 13.4. The Morgan fingerprint density at radius 3 is 2.25 bits per heavy atom. The maximum atomic E-state index is 13.6. The highest BCUT2D eigenvalue weighted by Gasteiger charge is 2.13. The quantitative estimate of drug-likeness (QED) is 0.308. The predicted molar refractivity (Wildman–Crippen MR) is 101 cm³/mol. The molecule has 0 spiro atoms. The summed E-state index contributed by atoms with van der Waals surface area (Å²) in [6, 6.07) is 17.9. The molecular formula is C21H15FN2O4. The standard InChI is InChI=1S/C21H15FN2O4/c22-18-7-3-1-5-16(18)21(27)28-15-11-9-14(10-12-15)13-23-24-20(26)17-6-2-4-8-19(17)25/h1-13,25H,(H,24,26)/b23-13-. The van der Waals surface area contributed by atoms with Gasteiger partial charge in [-0.2, -0.15) is 5.10 Å². The fraction of sp³-hybridized carbons (Fsp3) is 0. The molecule has 0 fully saturated rings. The Kier molecular flexibility index (Phi) is 5.76. The Balaban J connectivity index is 1.59. The fourth-order valence-corrected chi connectivity index (χ4v) is 2.30. The molecule has 3 aromatic rings. The summed E-state index contributed by atoms with van der Waals surface area (Å²) in [4.78, 5) is 23.9. The maximum Gasteiger partial charge on any atom is 0.346 e. The van der Waals surface area contributed by atoms with E-state index in [0.29, 0.717) is 5.56 Å². The molecule has 3 rings (SSSR count). The van der Waals surface area contributed by atoms with Gasteiger partial charge >= 0.3 is 5.97 Å². The number of benzene rings is 3. The number of halogens is 1. The minimum Gasteiger partial charge on any atom is -0.507 e. The second kappa shape index (κ2) is 8.59. The van der Waals surface area contributed by atoms with E-state index in [4.69, 9.17) is 4.74 Å². The number of nitrogens with zero attached hydrogens (tertiary/aromatic N) is 1. The number of aromatic hydroxyl groups is 1. The topological polar surface area (TPSA) is 88.0 Å². The van der Waals surface area contributed by atoms with Crippen molar-refractivity contribution in [3.8, 4) is 11.5 Å². The molecule has 140 valence electrons. The van der Waals surface area contributed by atoms with Gasteiger partial charge in [0.05, 0.1) is 17.3 Å². The summed E-state index contributed by atoms with van der Waals surface area (Å²) in [6.45, 7) is 0. The van der Waals surface area contributed by atoms with Gasteiger partial charge < -0.3 is 9.84 Å². The summed E-state index contributed by atoms with van der Waals surface area (Å²) in [5.41, 5.74) is 2.89. The third-order valence-corrected chi connectivity index (χ3v) is 3.71. The zero-order valence-corrected chi connectivity index (χ0v) is 14.5. The van der Waals surface area contributed by atoms with Crippen molar-refractivity contribution in [2.45, 2.75) is 0 Å². The monoisotopic (exact) mass is 378 g/mol. The van der Waals surface area contributed by atoms with Crippen molar-refractivity contribution in [3.05, 3.63) is 95.3 Å². The molecule has 0 unspecified atom stereocenters. The first-order valence-corrected chi connectivity index (χ1v) is 8.23. The van der Waals surface area contributed by atoms with Crippen LogP contribution < -0.4 is 10.2 Å². The first-order valence-electron chi connectivity index (χ1n) is 8.23. The number of hydrogen-bond donors (Lipinski definition) is 2. The van der Waals surface area contributed by atoms with E-state index in [1.807, 2.05) is 0 Å². The summed E-state index contributed by atoms with van der Waals surface area (Å²) >= 11 is 0. The molecule has 0 atom stereocenters. The Bertz CT molecular complexity index is 1030. The van der Waals surface area contributed by atoms with Crippen molar-refractivity contribution >= 4 is 18.1 Å². The van der Waals surface area contributed by atoms with Gasteiger partial charge in [-0.15, -0.1) is 0 Å². The van der Waals surface area contributed by atoms with E-state index in [0.717, 1.165) is 0 Å². The van der Waals surface area contributed by atoms with Gasteiger partial charge in [0.1, 0.15) is 17.3 Å². The first kappa shape index (κ1) is 18.8. The highest BCUT2D eigenvalue weighted by atomic mass is 19.1. The van der Waals surface area contributed by atoms with Crippen LogP contribution in [-0.4, -0.2) is 23.2 Å². The molecule has 0 aliphatic rings. The van der Waals surface area contributed by atoms with Gasteiger partial charge in [0.15, 0.2) is 0 Å². The van der Waals surface area contributed by atoms with Gasteiger partial charge in [0.25, 0.3) is 5.91 Å². The Morgan fingerprint density at radius 2 is 1.57 bits per heavy atom. The number of ether oxygens (including phenoxy) is 1. The minimum atomic E-state index is -0.797. The normalized spacial score (nSPS) is 10.6. The number of para-hydroxylation sites is 1. The number of carbonyl (C=O) groups excluding carboxylic acids is 2. The van der Waals surface area contributed by atoms with Crippen molar-refractivity contribution in [2.24, 2.45) is 5.10 Å². The second-order valence-corrected chi connectivity index (χ2v) is 5.65. The van der Waals surface area contributed by atoms with E-state index in [9.17, 15) is 19.1 Å². The average Bonchev–Trinajstić information content (AvgIpc) is 2.70. The zero-order chi connectivity index (χ0) is 19.9. The number of hydrazone groups is 1. The van der Waals surface area contributed by atoms with Crippen molar-refractivity contribution in [3.63, 3.8) is 0 Å². The lowest BCUT2D eigenvalue weighted by atomic mass is 10.2. The van der Waals surface area contributed by atoms with Crippen LogP contribution in [0.25, 0.3) is 0 Å². The van der Waals surface area contributed by atoms with E-state index >= 15 is 0 Å². The van der Waals surface area contributed by atoms with E-state index in [2.05, 4.69) is 10.5 Å². The van der Waals surface area contributed by atoms with Crippen LogP contribution >= 0.6 is 0 Å². The van der Waals surface area contributed by atoms with Gasteiger partial charge in [-0.25, -0.2) is 14.6 Å². The zero-order valence-electron chi connectivity index (χ0n) is 14.5. The minimum absolute atomic E-state index is 0.107. The summed E-state index contributed by atoms with van der Waals surface area (Å²) in [6.07, 6.45) is 1.39. The lowest BCUT2D eigenvalue weighted by Crippen LogP contribution is -2.17. The number of phenolic OH excluding ortho intramolecular Hbond substituents is 1. The molecular weight excluding hydrogens is 363 g/mol. The van der Waals surface area contributed by atoms with E-state index < -0.39 is 17.7 Å². The number of amides is 1. The molecule has 2 N–H and O–H groups in total. The fourth-order valence-electron chi connectivity index (χ4n) is 2.30. The molecule has 1 amide bonds. The molecule has 0 radical (unpaired) electrons. The highest BCUT2D eigenvalue weighted by molar-refractivity contribution is 5.97. The number of carbonyl (C=O) groups is 2. The summed E-state index contributed by atoms with van der Waals surface area (Å²) in [5.74, 6) is -1.91. The summed E-state index contributed by atoms with van der Waals surface area (Å²) in [7, 11) is 0. The maximum absolute atomic E-state index is 13.6. The van der Waals surface area contributed by atoms with Crippen LogP contribution in [0, 0.1) is 5.82 Å². The van der Waals surface area contributed by atoms with E-state index in [1.54, 1.807) is 30.3 Å². The van der Waals surface area contributed by atoms with Crippen molar-refractivity contribution in [1.29, 1.82) is 0 Å². The van der Waals surface area contributed by atoms with Crippen LogP contribution in [0.4, 0.5) is 4.39 Å². The molecule has 6 nitrogen and oxygen atoms in total. The number of esters is 1. The lowest BCUT2D eigenvalue weighted by Gasteiger charge is -2.05. The van der Waals surface area contributed by atoms with Crippen molar-refractivity contribution in [1.82, 2.24) is 5.43 Å². The van der Waals surface area contributed by atoms with Gasteiger partial charge in [0.2, 0.25) is 0 Å². The first-order chi connectivity index (χ1) is 13.5. The molecule has 0 aliphatic carbocycles. The molecule has 7 heteroatoms. The van der Waals surface area contributed by atoms with Gasteiger partial charge in [-0.3, -0.25) is 4.79 Å². The van der Waals surface area contributed by atoms with Crippen LogP contribution in [0.3, 0.4) is 0 Å². The third kappa shape index (κ3) is 4.59. The third-order valence-electron chi connectivity index (χ3n) is 3.71. The van der Waals surface area contributed by atoms with Crippen LogP contribution in [-0.2, 0) is 0 Å². The predicted octanol–water partition coefficient (Wildman–Crippen LogP) is 3.51. The number of hydrogen-bond acceptors (Lipinski definition) is 5.